The fourth-order valence-corrected chi connectivity index (χ4v) is 4.65. The Labute approximate surface area is 178 Å². The van der Waals surface area contributed by atoms with E-state index in [-0.39, 0.29) is 22.4 Å². The van der Waals surface area contributed by atoms with Gasteiger partial charge in [-0.05, 0) is 37.1 Å². The largest absolute Gasteiger partial charge is 0.333 e. The van der Waals surface area contributed by atoms with Gasteiger partial charge >= 0.3 is 5.97 Å². The lowest BCUT2D eigenvalue weighted by Gasteiger charge is -2.12. The van der Waals surface area contributed by atoms with Crippen LogP contribution in [0.15, 0.2) is 58.4 Å². The highest BCUT2D eigenvalue weighted by atomic mass is 32.2. The van der Waals surface area contributed by atoms with Crippen molar-refractivity contribution in [2.45, 2.75) is 30.6 Å². The van der Waals surface area contributed by atoms with Crippen LogP contribution in [-0.4, -0.2) is 43.6 Å². The predicted octanol–water partition coefficient (Wildman–Crippen LogP) is 2.04. The summed E-state index contributed by atoms with van der Waals surface area (Å²) < 4.78 is 26.5. The molecule has 0 aliphatic carbocycles. The Morgan fingerprint density at radius 1 is 0.903 bits per heavy atom. The van der Waals surface area contributed by atoms with Gasteiger partial charge in [0.25, 0.3) is 21.8 Å². The molecule has 0 unspecified atom stereocenters. The third kappa shape index (κ3) is 4.06. The molecule has 160 valence electrons. The van der Waals surface area contributed by atoms with Crippen LogP contribution in [0.5, 0.6) is 0 Å². The number of amidine groups is 1. The van der Waals surface area contributed by atoms with E-state index in [1.807, 2.05) is 0 Å². The summed E-state index contributed by atoms with van der Waals surface area (Å²) in [7, 11) is -3.56. The van der Waals surface area contributed by atoms with E-state index in [4.69, 9.17) is 4.84 Å². The molecular weight excluding hydrogens is 422 g/mol. The van der Waals surface area contributed by atoms with Gasteiger partial charge in [-0.3, -0.25) is 19.3 Å². The highest BCUT2D eigenvalue weighted by Crippen LogP contribution is 2.24. The van der Waals surface area contributed by atoms with Crippen LogP contribution in [0, 0.1) is 0 Å². The number of hydroxylamine groups is 2. The number of carbonyl (C=O) groups is 3. The van der Waals surface area contributed by atoms with Crippen molar-refractivity contribution in [2.75, 3.05) is 6.54 Å². The number of carbonyl (C=O) groups excluding carboxylic acids is 3. The molecule has 31 heavy (non-hydrogen) atoms. The molecule has 1 N–H and O–H groups in total. The minimum atomic E-state index is -3.56. The van der Waals surface area contributed by atoms with E-state index in [0.29, 0.717) is 42.3 Å². The molecule has 9 nitrogen and oxygen atoms in total. The van der Waals surface area contributed by atoms with Gasteiger partial charge < -0.3 is 4.84 Å². The van der Waals surface area contributed by atoms with Crippen LogP contribution < -0.4 is 4.72 Å². The summed E-state index contributed by atoms with van der Waals surface area (Å²) in [6.07, 6.45) is 1.80. The SMILES string of the molecule is O=C(CCCCCN=C1NS(=O)(=O)c2ccccc21)ON1C(=O)c2ccccc2C1=O. The lowest BCUT2D eigenvalue weighted by atomic mass is 10.1. The Morgan fingerprint density at radius 3 is 2.19 bits per heavy atom. The van der Waals surface area contributed by atoms with Crippen LogP contribution in [0.1, 0.15) is 52.0 Å². The standard InChI is InChI=1S/C21H19N3O6S/c25-18(30-24-20(26)14-8-3-4-9-15(14)21(24)27)12-2-1-7-13-22-19-16-10-5-6-11-17(16)31(28,29)23-19/h3-6,8-11H,1-2,7,12-13H2,(H,22,23). The van der Waals surface area contributed by atoms with Crippen molar-refractivity contribution in [3.63, 3.8) is 0 Å². The topological polar surface area (TPSA) is 122 Å². The number of hydrogen-bond donors (Lipinski definition) is 1. The normalized spacial score (nSPS) is 17.4. The molecule has 0 spiro atoms. The van der Waals surface area contributed by atoms with Gasteiger partial charge in [0.2, 0.25) is 0 Å². The molecule has 0 bridgehead atoms. The highest BCUT2D eigenvalue weighted by molar-refractivity contribution is 7.90. The van der Waals surface area contributed by atoms with E-state index < -0.39 is 27.8 Å². The summed E-state index contributed by atoms with van der Waals surface area (Å²) in [5.41, 5.74) is 0.971. The average molecular weight is 441 g/mol. The smallest absolute Gasteiger partial charge is 0.330 e. The van der Waals surface area contributed by atoms with E-state index in [0.717, 1.165) is 0 Å². The summed E-state index contributed by atoms with van der Waals surface area (Å²) in [4.78, 5) is 45.9. The number of rotatable bonds is 7. The van der Waals surface area contributed by atoms with Crippen LogP contribution in [0.4, 0.5) is 0 Å². The molecule has 2 aromatic carbocycles. The number of aliphatic imine (C=N–C) groups is 1. The molecule has 2 aliphatic rings. The summed E-state index contributed by atoms with van der Waals surface area (Å²) in [6.45, 7) is 0.389. The monoisotopic (exact) mass is 441 g/mol. The Kier molecular flexibility index (Phi) is 5.55. The summed E-state index contributed by atoms with van der Waals surface area (Å²) in [6, 6.07) is 12.9. The first-order valence-electron chi connectivity index (χ1n) is 9.74. The Hall–Kier alpha value is -3.53. The maximum absolute atomic E-state index is 12.2. The molecule has 0 saturated heterocycles. The first kappa shape index (κ1) is 20.7. The van der Waals surface area contributed by atoms with E-state index in [1.54, 1.807) is 30.3 Å². The highest BCUT2D eigenvalue weighted by Gasteiger charge is 2.38. The van der Waals surface area contributed by atoms with Crippen LogP contribution >= 0.6 is 0 Å². The number of nitrogens with zero attached hydrogens (tertiary/aromatic N) is 2. The fraction of sp³-hybridized carbons (Fsp3) is 0.238. The second-order valence-corrected chi connectivity index (χ2v) is 8.71. The molecule has 0 radical (unpaired) electrons. The minimum Gasteiger partial charge on any atom is -0.330 e. The number of nitrogens with one attached hydrogen (secondary N) is 1. The second kappa shape index (κ2) is 8.31. The maximum atomic E-state index is 12.2. The van der Waals surface area contributed by atoms with Gasteiger partial charge in [-0.15, -0.1) is 0 Å². The molecule has 2 aliphatic heterocycles. The van der Waals surface area contributed by atoms with E-state index in [1.165, 1.54) is 18.2 Å². The van der Waals surface area contributed by atoms with Crippen molar-refractivity contribution in [2.24, 2.45) is 4.99 Å². The number of amides is 2. The third-order valence-corrected chi connectivity index (χ3v) is 6.32. The lowest BCUT2D eigenvalue weighted by molar-refractivity contribution is -0.168. The van der Waals surface area contributed by atoms with Gasteiger partial charge in [0.1, 0.15) is 5.84 Å². The average Bonchev–Trinajstić information content (AvgIpc) is 3.16. The van der Waals surface area contributed by atoms with E-state index in [9.17, 15) is 22.8 Å². The zero-order valence-electron chi connectivity index (χ0n) is 16.4. The minimum absolute atomic E-state index is 0.0411. The van der Waals surface area contributed by atoms with Crippen LogP contribution in [0.3, 0.4) is 0 Å². The van der Waals surface area contributed by atoms with Crippen LogP contribution in [0.25, 0.3) is 0 Å². The first-order chi connectivity index (χ1) is 14.9. The second-order valence-electron chi connectivity index (χ2n) is 7.06. The first-order valence-corrected chi connectivity index (χ1v) is 11.2. The molecular formula is C21H19N3O6S. The molecule has 0 saturated carbocycles. The fourth-order valence-electron chi connectivity index (χ4n) is 3.40. The van der Waals surface area contributed by atoms with Crippen molar-refractivity contribution in [3.05, 3.63) is 65.2 Å². The van der Waals surface area contributed by atoms with Gasteiger partial charge in [0.05, 0.1) is 16.0 Å². The Bertz CT molecular complexity index is 1170. The summed E-state index contributed by atoms with van der Waals surface area (Å²) in [5.74, 6) is -1.65. The number of imide groups is 1. The van der Waals surface area contributed by atoms with Gasteiger partial charge in [-0.2, -0.15) is 0 Å². The van der Waals surface area contributed by atoms with Gasteiger partial charge in [0.15, 0.2) is 0 Å². The van der Waals surface area contributed by atoms with Crippen LogP contribution in [0.2, 0.25) is 0 Å². The number of hydrogen-bond acceptors (Lipinski definition) is 7. The predicted molar refractivity (Wildman–Crippen MR) is 110 cm³/mol. The molecule has 2 aromatic rings. The lowest BCUT2D eigenvalue weighted by Crippen LogP contribution is -2.32. The summed E-state index contributed by atoms with van der Waals surface area (Å²) >= 11 is 0. The van der Waals surface area contributed by atoms with Gasteiger partial charge in [-0.1, -0.05) is 35.7 Å². The summed E-state index contributed by atoms with van der Waals surface area (Å²) in [5, 5.41) is 0.503. The maximum Gasteiger partial charge on any atom is 0.333 e. The quantitative estimate of drug-likeness (QED) is 0.518. The zero-order chi connectivity index (χ0) is 22.0. The van der Waals surface area contributed by atoms with E-state index >= 15 is 0 Å². The Balaban J connectivity index is 1.22. The number of unbranched alkanes of at least 4 members (excludes halogenated alkanes) is 2. The number of benzene rings is 2. The van der Waals surface area contributed by atoms with Crippen LogP contribution in [-0.2, 0) is 19.7 Å². The molecule has 2 amide bonds. The molecule has 0 aromatic heterocycles. The zero-order valence-corrected chi connectivity index (χ0v) is 17.2. The third-order valence-electron chi connectivity index (χ3n) is 4.92. The van der Waals surface area contributed by atoms with Crippen molar-refractivity contribution in [3.8, 4) is 0 Å². The molecule has 10 heteroatoms. The molecule has 0 atom stereocenters. The van der Waals surface area contributed by atoms with Crippen molar-refractivity contribution in [1.29, 1.82) is 0 Å². The number of sulfonamides is 1. The molecule has 4 rings (SSSR count). The van der Waals surface area contributed by atoms with Crippen molar-refractivity contribution < 1.29 is 27.6 Å². The number of fused-ring (bicyclic) bond motifs is 2. The molecule has 0 fully saturated rings. The Morgan fingerprint density at radius 2 is 1.52 bits per heavy atom. The van der Waals surface area contributed by atoms with E-state index in [2.05, 4.69) is 9.71 Å². The molecule has 2 heterocycles. The van der Waals surface area contributed by atoms with Gasteiger partial charge in [0, 0.05) is 18.5 Å². The van der Waals surface area contributed by atoms with Crippen molar-refractivity contribution >= 4 is 33.6 Å². The van der Waals surface area contributed by atoms with Crippen molar-refractivity contribution in [1.82, 2.24) is 9.79 Å². The van der Waals surface area contributed by atoms with Gasteiger partial charge in [-0.25, -0.2) is 13.2 Å².